The molecule has 3 aromatic carbocycles. The van der Waals surface area contributed by atoms with Crippen LogP contribution in [-0.2, 0) is 108 Å². The van der Waals surface area contributed by atoms with Gasteiger partial charge in [0.25, 0.3) is 0 Å². The van der Waals surface area contributed by atoms with Gasteiger partial charge in [0.2, 0.25) is 76.8 Å². The number of aromatic amines is 1. The summed E-state index contributed by atoms with van der Waals surface area (Å²) in [6.07, 6.45) is -3.64. The third-order valence-electron chi connectivity index (χ3n) is 14.6. The first-order chi connectivity index (χ1) is 46.2. The van der Waals surface area contributed by atoms with Crippen molar-refractivity contribution in [3.8, 4) is 5.75 Å². The van der Waals surface area contributed by atoms with Gasteiger partial charge in [-0.1, -0.05) is 72.8 Å². The Hall–Kier alpha value is -11.4. The fraction of sp³-hybridized carbons (Fsp3) is 0.400. The molecule has 1 aliphatic rings. The zero-order valence-electron chi connectivity index (χ0n) is 52.5. The highest BCUT2D eigenvalue weighted by atomic mass is 32.3. The van der Waals surface area contributed by atoms with Gasteiger partial charge in [-0.2, -0.15) is 8.42 Å². The molecule has 0 saturated carbocycles. The number of nitrogens with one attached hydrogen (secondary N) is 12. The average molecular weight is 1390 g/mol. The van der Waals surface area contributed by atoms with E-state index in [-0.39, 0.29) is 43.4 Å². The van der Waals surface area contributed by atoms with Gasteiger partial charge in [-0.05, 0) is 55.5 Å². The quantitative estimate of drug-likeness (QED) is 0.0185. The number of nitrogens with zero attached hydrogens (tertiary/aromatic N) is 1. The molecule has 20 N–H and O–H groups in total. The number of aliphatic carboxylic acids is 2. The predicted octanol–water partition coefficient (Wildman–Crippen LogP) is -6.28. The summed E-state index contributed by atoms with van der Waals surface area (Å²) in [4.78, 5) is 205. The number of benzene rings is 3. The number of aromatic nitrogens is 2. The number of hydrogen-bond donors (Lipinski definition) is 18. The van der Waals surface area contributed by atoms with Crippen molar-refractivity contribution in [2.45, 2.75) is 145 Å². The summed E-state index contributed by atoms with van der Waals surface area (Å²) in [6, 6.07) is 4.30. The number of carbonyl (C=O) groups is 15. The molecule has 5 rings (SSSR count). The van der Waals surface area contributed by atoms with Crippen LogP contribution in [0.15, 0.2) is 97.5 Å². The summed E-state index contributed by atoms with van der Waals surface area (Å²) in [5.74, 6) is -17.3. The van der Waals surface area contributed by atoms with Gasteiger partial charge < -0.3 is 94.4 Å². The first-order valence-corrected chi connectivity index (χ1v) is 31.4. The summed E-state index contributed by atoms with van der Waals surface area (Å²) < 4.78 is 36.3. The third kappa shape index (κ3) is 26.4. The first-order valence-electron chi connectivity index (χ1n) is 30.0. The van der Waals surface area contributed by atoms with Crippen LogP contribution < -0.4 is 74.1 Å². The Morgan fingerprint density at radius 2 is 1.04 bits per heavy atom. The molecule has 528 valence electrons. The van der Waals surface area contributed by atoms with Crippen LogP contribution in [0, 0.1) is 0 Å². The molecule has 0 aliphatic carbocycles. The molecule has 38 heteroatoms. The standard InChI is InChI=1S/C60H75N15O22S/c1-30(52(85)70-42(24-35-27-63-29-65-35)56(89)71-40(22-33-11-7-4-8-12-33)55(88)74-43(25-48(80)81)57(90)69-39(51(62)84)21-32-9-5-3-6-10-32)66-47(79)28-64-60(93)50(31(2)76)75-59(92)41(23-34-13-15-36(16-14-34)97-98(94,95)96)72-58(91)44(26-49(82)83)73-54(87)38(17-19-45(61)77)68-53(86)37-18-20-46(78)67-37/h3-16,27,29-31,37-44,50,76H,17-26,28H2,1-2H3,(H2,61,77)(H2,62,84)(H,63,65)(H,64,93)(H,66,79)(H,67,78)(H,68,86)(H,69,90)(H,70,85)(H,71,89)(H,72,91)(H,73,87)(H,74,88)(H,75,92)(H,80,81)(H,82,83)(H,94,95,96)/t30-,31+,37-,38-,39-,40-,41-,42-,43-,44-,50-/m0/s1. The van der Waals surface area contributed by atoms with Crippen LogP contribution in [0.1, 0.15) is 74.8 Å². The summed E-state index contributed by atoms with van der Waals surface area (Å²) >= 11 is 0. The lowest BCUT2D eigenvalue weighted by molar-refractivity contribution is -0.142. The number of nitrogens with two attached hydrogens (primary N) is 2. The Bertz CT molecular complexity index is 3660. The molecular formula is C60H75N15O22S. The Balaban J connectivity index is 1.29. The van der Waals surface area contributed by atoms with E-state index in [2.05, 4.69) is 72.6 Å². The SMILES string of the molecule is C[C@H](NC(=O)CNC(=O)[C@@H](NC(=O)[C@H](Cc1ccc(OS(=O)(=O)O)cc1)NC(=O)[C@H](CC(=O)O)NC(=O)[C@H](CCC(N)=O)NC(=O)[C@@H]1CCC(=O)N1)[C@@H](C)O)C(=O)N[C@@H](Cc1cnc[nH]1)C(=O)N[C@@H](Cc1ccccc1)C(=O)N[C@@H](CC(=O)O)C(=O)N[C@@H](Cc1ccccc1)C(N)=O. The van der Waals surface area contributed by atoms with E-state index in [1.807, 2.05) is 0 Å². The second kappa shape index (κ2) is 37.0. The van der Waals surface area contributed by atoms with Gasteiger partial charge in [-0.3, -0.25) is 76.5 Å². The van der Waals surface area contributed by atoms with Crippen LogP contribution in [0.25, 0.3) is 0 Å². The third-order valence-corrected chi connectivity index (χ3v) is 15.0. The molecule has 0 unspecified atom stereocenters. The Labute approximate surface area is 558 Å². The van der Waals surface area contributed by atoms with E-state index >= 15 is 0 Å². The number of hydrogen-bond acceptors (Lipinski definition) is 20. The van der Waals surface area contributed by atoms with Crippen LogP contribution in [-0.4, -0.2) is 200 Å². The van der Waals surface area contributed by atoms with E-state index < -0.39 is 210 Å². The highest BCUT2D eigenvalue weighted by Crippen LogP contribution is 2.17. The maximum absolute atomic E-state index is 14.3. The number of primary amides is 2. The van der Waals surface area contributed by atoms with Crippen LogP contribution in [0.3, 0.4) is 0 Å². The molecule has 13 amide bonds. The molecule has 1 aliphatic heterocycles. The fourth-order valence-electron chi connectivity index (χ4n) is 9.56. The van der Waals surface area contributed by atoms with E-state index in [1.165, 1.54) is 19.4 Å². The molecule has 11 atom stereocenters. The fourth-order valence-corrected chi connectivity index (χ4v) is 9.92. The molecule has 4 aromatic rings. The lowest BCUT2D eigenvalue weighted by Gasteiger charge is -2.27. The van der Waals surface area contributed by atoms with E-state index in [9.17, 15) is 95.7 Å². The number of carboxylic acids is 2. The van der Waals surface area contributed by atoms with Crippen LogP contribution in [0.2, 0.25) is 0 Å². The molecular weight excluding hydrogens is 1310 g/mol. The number of carbonyl (C=O) groups excluding carboxylic acids is 13. The largest absolute Gasteiger partial charge is 0.481 e. The number of H-pyrrole nitrogens is 1. The van der Waals surface area contributed by atoms with E-state index in [0.29, 0.717) is 11.1 Å². The zero-order valence-corrected chi connectivity index (χ0v) is 53.3. The van der Waals surface area contributed by atoms with Crippen molar-refractivity contribution >= 4 is 99.1 Å². The lowest BCUT2D eigenvalue weighted by atomic mass is 10.0. The highest BCUT2D eigenvalue weighted by Gasteiger charge is 2.38. The molecule has 2 heterocycles. The highest BCUT2D eigenvalue weighted by molar-refractivity contribution is 7.81. The van der Waals surface area contributed by atoms with Crippen molar-refractivity contribution in [3.05, 3.63) is 120 Å². The number of rotatable bonds is 39. The number of carboxylic acid groups (broad SMARTS) is 2. The van der Waals surface area contributed by atoms with Gasteiger partial charge in [0.05, 0.1) is 31.8 Å². The van der Waals surface area contributed by atoms with E-state index in [0.717, 1.165) is 31.2 Å². The molecule has 37 nitrogen and oxygen atoms in total. The van der Waals surface area contributed by atoms with Gasteiger partial charge in [0.15, 0.2) is 0 Å². The zero-order chi connectivity index (χ0) is 72.4. The van der Waals surface area contributed by atoms with Crippen LogP contribution >= 0.6 is 0 Å². The summed E-state index contributed by atoms with van der Waals surface area (Å²) in [5, 5.41) is 55.9. The monoisotopic (exact) mass is 1390 g/mol. The van der Waals surface area contributed by atoms with Gasteiger partial charge in [-0.25, -0.2) is 4.98 Å². The van der Waals surface area contributed by atoms with Crippen LogP contribution in [0.5, 0.6) is 5.75 Å². The van der Waals surface area contributed by atoms with Crippen molar-refractivity contribution in [1.82, 2.24) is 68.5 Å². The number of aliphatic hydroxyl groups excluding tert-OH is 1. The number of imidazole rings is 1. The lowest BCUT2D eigenvalue weighted by Crippen LogP contribution is -2.61. The predicted molar refractivity (Wildman–Crippen MR) is 336 cm³/mol. The molecule has 1 fully saturated rings. The molecule has 0 radical (unpaired) electrons. The molecule has 0 bridgehead atoms. The molecule has 98 heavy (non-hydrogen) atoms. The van der Waals surface area contributed by atoms with Gasteiger partial charge in [0, 0.05) is 50.4 Å². The van der Waals surface area contributed by atoms with Crippen LogP contribution in [0.4, 0.5) is 0 Å². The Kier molecular flexibility index (Phi) is 29.2. The minimum Gasteiger partial charge on any atom is -0.481 e. The average Bonchev–Trinajstić information content (AvgIpc) is 0.989. The second-order valence-corrected chi connectivity index (χ2v) is 23.5. The normalized spacial score (nSPS) is 15.6. The molecule has 0 spiro atoms. The van der Waals surface area contributed by atoms with Gasteiger partial charge in [0.1, 0.15) is 66.2 Å². The number of aliphatic hydroxyl groups is 1. The van der Waals surface area contributed by atoms with Crippen molar-refractivity contribution in [1.29, 1.82) is 0 Å². The van der Waals surface area contributed by atoms with Crippen molar-refractivity contribution in [3.63, 3.8) is 0 Å². The Morgan fingerprint density at radius 3 is 1.50 bits per heavy atom. The first kappa shape index (κ1) is 77.3. The van der Waals surface area contributed by atoms with Gasteiger partial charge in [-0.15, -0.1) is 0 Å². The summed E-state index contributed by atoms with van der Waals surface area (Å²) in [5.41, 5.74) is 12.3. The smallest absolute Gasteiger partial charge is 0.446 e. The summed E-state index contributed by atoms with van der Waals surface area (Å²) in [7, 11) is -5.02. The molecule has 1 aromatic heterocycles. The van der Waals surface area contributed by atoms with Crippen molar-refractivity contribution in [2.24, 2.45) is 11.5 Å². The maximum atomic E-state index is 14.3. The van der Waals surface area contributed by atoms with Gasteiger partial charge >= 0.3 is 22.3 Å². The Morgan fingerprint density at radius 1 is 0.582 bits per heavy atom. The van der Waals surface area contributed by atoms with Crippen molar-refractivity contribution < 1.29 is 104 Å². The van der Waals surface area contributed by atoms with Crippen molar-refractivity contribution in [2.75, 3.05) is 6.54 Å². The topological polar surface area (TPSA) is 593 Å². The maximum Gasteiger partial charge on any atom is 0.446 e. The molecule has 1 saturated heterocycles. The van der Waals surface area contributed by atoms with E-state index in [1.54, 1.807) is 60.7 Å². The summed E-state index contributed by atoms with van der Waals surface area (Å²) in [6.45, 7) is 1.24. The minimum atomic E-state index is -5.02. The van der Waals surface area contributed by atoms with E-state index in [4.69, 9.17) is 16.0 Å². The number of amides is 13. The second-order valence-electron chi connectivity index (χ2n) is 22.4. The minimum absolute atomic E-state index is 0.0266.